The van der Waals surface area contributed by atoms with E-state index in [0.29, 0.717) is 72.4 Å². The molecule has 696 valence electrons. The third kappa shape index (κ3) is 22.8. The number of aromatic amines is 1. The van der Waals surface area contributed by atoms with Crippen molar-refractivity contribution >= 4 is 35.6 Å². The maximum Gasteiger partial charge on any atom is 0.360 e. The van der Waals surface area contributed by atoms with Crippen LogP contribution in [0.5, 0.6) is 34.5 Å². The topological polar surface area (TPSA) is 369 Å². The van der Waals surface area contributed by atoms with Gasteiger partial charge >= 0.3 is 17.9 Å². The number of hydrogen-bond donors (Lipinski definition) is 4. The van der Waals surface area contributed by atoms with E-state index in [2.05, 4.69) is 95.4 Å². The summed E-state index contributed by atoms with van der Waals surface area (Å²) in [5.74, 6) is -0.221. The maximum absolute atomic E-state index is 12.5. The van der Waals surface area contributed by atoms with Gasteiger partial charge in [0.05, 0.1) is 104 Å². The number of aryl methyl sites for hydroxylation is 2. The summed E-state index contributed by atoms with van der Waals surface area (Å²) < 4.78 is 51.1. The summed E-state index contributed by atoms with van der Waals surface area (Å²) in [5, 5.41) is 23.3. The van der Waals surface area contributed by atoms with Crippen molar-refractivity contribution in [3.05, 3.63) is 193 Å². The molecule has 0 bridgehead atoms. The molecule has 0 saturated carbocycles. The first-order valence-electron chi connectivity index (χ1n) is 40.1. The Balaban J connectivity index is 0.000000743. The number of aliphatic hydroxyl groups excluding tert-OH is 2. The Morgan fingerprint density at radius 1 is 0.480 bits per heavy atom. The number of pyridine rings is 6. The minimum Gasteiger partial charge on any atom is -0.494 e. The van der Waals surface area contributed by atoms with Crippen LogP contribution in [0.3, 0.4) is 0 Å². The summed E-state index contributed by atoms with van der Waals surface area (Å²) in [5.41, 5.74) is 8.95. The highest BCUT2D eigenvalue weighted by molar-refractivity contribution is 5.98. The average Bonchev–Trinajstić information content (AvgIpc) is 1.58. The number of aliphatic hydroxyl groups is 2. The Morgan fingerprint density at radius 2 is 0.832 bits per heavy atom. The minimum absolute atomic E-state index is 0. The van der Waals surface area contributed by atoms with Gasteiger partial charge in [-0.05, 0) is 120 Å². The van der Waals surface area contributed by atoms with Crippen molar-refractivity contribution in [2.75, 3.05) is 97.7 Å². The fourth-order valence-corrected chi connectivity index (χ4v) is 17.0. The van der Waals surface area contributed by atoms with Crippen LogP contribution in [0.4, 0.5) is 0 Å². The molecule has 0 aromatic carbocycles. The number of H-pyrrole nitrogens is 1. The minimum atomic E-state index is -0.796. The number of ether oxygens (including phenoxy) is 9. The van der Waals surface area contributed by atoms with Crippen LogP contribution in [-0.4, -0.2) is 182 Å². The lowest BCUT2D eigenvalue weighted by atomic mass is 9.87. The zero-order chi connectivity index (χ0) is 88.9. The molecule has 0 spiro atoms. The molecule has 6 aromatic heterocycles. The number of esters is 3. The van der Waals surface area contributed by atoms with E-state index in [1.807, 2.05) is 45.3 Å². The van der Waals surface area contributed by atoms with E-state index in [4.69, 9.17) is 37.9 Å². The lowest BCUT2D eigenvalue weighted by Gasteiger charge is -2.41. The lowest BCUT2D eigenvalue weighted by Crippen LogP contribution is -2.51. The highest BCUT2D eigenvalue weighted by atomic mass is 16.5. The van der Waals surface area contributed by atoms with Crippen LogP contribution in [-0.2, 0) is 30.8 Å². The molecule has 6 aliphatic heterocycles. The van der Waals surface area contributed by atoms with Crippen molar-refractivity contribution in [1.82, 2.24) is 43.8 Å². The summed E-state index contributed by atoms with van der Waals surface area (Å²) in [6, 6.07) is 9.78. The zero-order valence-electron chi connectivity index (χ0n) is 73.4. The van der Waals surface area contributed by atoms with Crippen LogP contribution in [0.15, 0.2) is 92.0 Å². The standard InChI is InChI=1S/C16H23NO3.C15H20N2O3.2C15H21NO4.C14H18N2O4.C14H18N2O3.6CH4/c1-7-10(2)8-11(3)13-9-12(4)15(19-5)14(17-13)16(18)20-6;1-5-15-7-9(2)10-6-11(18)13(20-4)12(17(10)15)14(19)16(3)8-15;1-6-9(2)7-12(17)11-8-10(3)14(19-4)13(16-11)15(18)20-5;1-6-9(2)7-10(3)11-8-12(17)14(19-4)13(16-11)15(18)20-5;1-4-14-6-10(18)8-5-9(17)12(20-3)11(16(8)14)13(19)15(2)7-14;1-4-14-6-8(2)9-5-10(17)12(19-3)11(16(9)14)13(18)15-7-14;;;;;;/h9,11H,2,7-8H2,1,3-6H3;6,9H,5,7-8H2,1-4H3;8,12,17H,2,6-7H2,1,3-5H3;8,10H,2,6-7H2,1,3-5H3,(H,16,17);5,10,18H,4,6-7H2,1-3H3;5,8H,4,6-7H2,1-3H3,(H,15,18);6*1H4. The number of allylic oxidation sites excluding steroid dienone is 2. The largest absolute Gasteiger partial charge is 0.494 e. The van der Waals surface area contributed by atoms with Crippen LogP contribution in [0, 0.1) is 13.8 Å². The molecular weight excluding hydrogens is 1600 g/mol. The van der Waals surface area contributed by atoms with Crippen molar-refractivity contribution in [2.45, 2.75) is 257 Å². The second kappa shape index (κ2) is 47.3. The van der Waals surface area contributed by atoms with Crippen LogP contribution < -0.4 is 55.5 Å². The van der Waals surface area contributed by atoms with Crippen molar-refractivity contribution in [3.63, 3.8) is 0 Å². The molecule has 6 aromatic rings. The normalized spacial score (nSPS) is 18.8. The summed E-state index contributed by atoms with van der Waals surface area (Å²) in [6.45, 7) is 38.0. The van der Waals surface area contributed by atoms with Gasteiger partial charge in [0.2, 0.25) is 21.7 Å². The van der Waals surface area contributed by atoms with Crippen molar-refractivity contribution in [2.24, 2.45) is 0 Å². The number of nitrogens with one attached hydrogen (secondary N) is 2. The molecule has 0 aliphatic carbocycles. The van der Waals surface area contributed by atoms with Crippen LogP contribution in [0.1, 0.15) is 335 Å². The smallest absolute Gasteiger partial charge is 0.360 e. The third-order valence-corrected chi connectivity index (χ3v) is 23.5. The predicted molar refractivity (Wildman–Crippen MR) is 491 cm³/mol. The molecule has 0 fully saturated rings. The monoisotopic (exact) mass is 1750 g/mol. The van der Waals surface area contributed by atoms with Crippen molar-refractivity contribution < 1.29 is 81.6 Å². The Morgan fingerprint density at radius 3 is 1.24 bits per heavy atom. The fourth-order valence-electron chi connectivity index (χ4n) is 17.0. The number of aromatic nitrogens is 6. The van der Waals surface area contributed by atoms with E-state index in [1.165, 1.54) is 81.7 Å². The second-order valence-corrected chi connectivity index (χ2v) is 31.3. The molecule has 0 saturated heterocycles. The molecule has 30 nitrogen and oxygen atoms in total. The van der Waals surface area contributed by atoms with E-state index < -0.39 is 30.1 Å². The number of hydrogen-bond acceptors (Lipinski definition) is 23. The van der Waals surface area contributed by atoms with Gasteiger partial charge in [-0.1, -0.05) is 150 Å². The first-order chi connectivity index (χ1) is 56.2. The summed E-state index contributed by atoms with van der Waals surface area (Å²) in [7, 11) is 16.0. The van der Waals surface area contributed by atoms with Gasteiger partial charge in [-0.25, -0.2) is 24.4 Å². The van der Waals surface area contributed by atoms with Crippen molar-refractivity contribution in [3.8, 4) is 34.5 Å². The summed E-state index contributed by atoms with van der Waals surface area (Å²) >= 11 is 0. The maximum atomic E-state index is 12.5. The lowest BCUT2D eigenvalue weighted by molar-refractivity contribution is 0.0566. The van der Waals surface area contributed by atoms with Crippen LogP contribution in [0.2, 0.25) is 0 Å². The molecule has 3 amide bonds. The summed E-state index contributed by atoms with van der Waals surface area (Å²) in [6.07, 6.45) is 8.17. The highest BCUT2D eigenvalue weighted by Crippen LogP contribution is 2.50. The number of likely N-dealkylation sites (N-methyl/N-ethyl adjacent to an activating group) is 2. The van der Waals surface area contributed by atoms with Crippen molar-refractivity contribution in [1.29, 1.82) is 0 Å². The van der Waals surface area contributed by atoms with E-state index in [-0.39, 0.29) is 170 Å². The van der Waals surface area contributed by atoms with Gasteiger partial charge in [-0.2, -0.15) is 0 Å². The number of rotatable bonds is 24. The van der Waals surface area contributed by atoms with E-state index in [9.17, 15) is 58.2 Å². The second-order valence-electron chi connectivity index (χ2n) is 31.3. The molecule has 125 heavy (non-hydrogen) atoms. The van der Waals surface area contributed by atoms with E-state index in [1.54, 1.807) is 49.0 Å². The van der Waals surface area contributed by atoms with Crippen LogP contribution in [0.25, 0.3) is 0 Å². The van der Waals surface area contributed by atoms with Gasteiger partial charge in [0, 0.05) is 99.0 Å². The van der Waals surface area contributed by atoms with Gasteiger partial charge in [-0.15, -0.1) is 0 Å². The first kappa shape index (κ1) is 112. The number of amides is 3. The van der Waals surface area contributed by atoms with Gasteiger partial charge in [0.15, 0.2) is 68.7 Å². The molecule has 12 heterocycles. The fraction of sp³-hybridized carbons (Fsp3) is 0.558. The molecule has 9 atom stereocenters. The van der Waals surface area contributed by atoms with Crippen LogP contribution >= 0.6 is 0 Å². The number of methoxy groups -OCH3 is 9. The average molecular weight is 1750 g/mol. The molecular formula is C95H145N9O21. The van der Waals surface area contributed by atoms with E-state index >= 15 is 0 Å². The zero-order valence-corrected chi connectivity index (χ0v) is 73.4. The Kier molecular flexibility index (Phi) is 42.3. The molecule has 6 aliphatic rings. The van der Waals surface area contributed by atoms with E-state index in [0.717, 1.165) is 104 Å². The summed E-state index contributed by atoms with van der Waals surface area (Å²) in [4.78, 5) is 136. The molecule has 4 N–H and O–H groups in total. The number of carbonyl (C=O) groups is 6. The Hall–Kier alpha value is -11.1. The van der Waals surface area contributed by atoms with Gasteiger partial charge < -0.3 is 86.6 Å². The van der Waals surface area contributed by atoms with Gasteiger partial charge in [-0.3, -0.25) is 33.6 Å². The first-order valence-corrected chi connectivity index (χ1v) is 40.1. The molecule has 12 rings (SSSR count). The highest BCUT2D eigenvalue weighted by Gasteiger charge is 2.52. The molecule has 0 radical (unpaired) electrons. The third-order valence-electron chi connectivity index (χ3n) is 23.5. The predicted octanol–water partition coefficient (Wildman–Crippen LogP) is 15.9. The Labute approximate surface area is 740 Å². The van der Waals surface area contributed by atoms with Gasteiger partial charge in [0.1, 0.15) is 0 Å². The molecule has 9 unspecified atom stereocenters. The van der Waals surface area contributed by atoms with Gasteiger partial charge in [0.25, 0.3) is 17.7 Å². The Bertz CT molecular complexity index is 4910. The quantitative estimate of drug-likeness (QED) is 0.0248. The molecule has 30 heteroatoms. The number of nitrogens with zero attached hydrogens (tertiary/aromatic N) is 7. The SMILES string of the molecule is C.C.C.C.C.C.C=C(CC)CC(C)c1cc(=O)c(OC)c(C(=O)OC)[nH]1.C=C(CC)CC(C)c1cc(C)c(OC)c(C(=O)OC)n1.C=C(CC)CC(O)c1cc(C)c(OC)c(C(=O)OC)n1.CCC12CC(C)c3cc(=O)c(OC)c(n31)C(=O)N(C)C2.CCC12CC(O)c3cc(=O)c(OC)c(n31)C(=O)N(C)C2.CCC12CNC(=O)c3c(OC)c(=O)cc(n31)C(C)C2. The number of carbonyl (C=O) groups excluding carboxylic acids is 6.